The Morgan fingerprint density at radius 3 is 2.93 bits per heavy atom. The van der Waals surface area contributed by atoms with Gasteiger partial charge in [-0.05, 0) is 17.0 Å². The molecule has 0 saturated carbocycles. The van der Waals surface area contributed by atoms with Gasteiger partial charge in [0.25, 0.3) is 11.3 Å². The predicted octanol–water partition coefficient (Wildman–Crippen LogP) is 1.31. The number of carbonyl (C=O) groups is 1. The van der Waals surface area contributed by atoms with Crippen molar-refractivity contribution in [3.8, 4) is 0 Å². The topological polar surface area (TPSA) is 79.5 Å². The van der Waals surface area contributed by atoms with Crippen LogP contribution in [0.5, 0.6) is 0 Å². The number of carboxylic acid groups (broad SMARTS) is 1. The lowest BCUT2D eigenvalue weighted by molar-refractivity contribution is -0.136. The molecule has 2 rings (SSSR count). The number of nitrogens with zero attached hydrogens (tertiary/aromatic N) is 1. The highest BCUT2D eigenvalue weighted by Crippen LogP contribution is 2.27. The van der Waals surface area contributed by atoms with Gasteiger partial charge in [-0.2, -0.15) is 0 Å². The van der Waals surface area contributed by atoms with Crippen LogP contribution in [0.2, 0.25) is 0 Å². The van der Waals surface area contributed by atoms with Gasteiger partial charge in [-0.25, -0.2) is 8.18 Å². The van der Waals surface area contributed by atoms with Gasteiger partial charge in [0.15, 0.2) is 0 Å². The van der Waals surface area contributed by atoms with Crippen LogP contribution in [-0.2, 0) is 22.5 Å². The Balaban J connectivity index is 2.60. The van der Waals surface area contributed by atoms with Crippen molar-refractivity contribution in [2.75, 3.05) is 0 Å². The number of hydrogen-bond acceptors (Lipinski definition) is 3. The van der Waals surface area contributed by atoms with E-state index in [0.29, 0.717) is 10.4 Å². The van der Waals surface area contributed by atoms with Gasteiger partial charge in [-0.1, -0.05) is 0 Å². The SMILES string of the molecule is O=C(O)Cc1cn(S(=O)O)c2sccc12. The Bertz CT molecular complexity index is 542. The molecule has 7 heteroatoms. The van der Waals surface area contributed by atoms with Crippen LogP contribution in [0.25, 0.3) is 10.2 Å². The van der Waals surface area contributed by atoms with Gasteiger partial charge in [0.2, 0.25) is 0 Å². The van der Waals surface area contributed by atoms with Crippen molar-refractivity contribution < 1.29 is 18.7 Å². The highest BCUT2D eigenvalue weighted by molar-refractivity contribution is 7.78. The lowest BCUT2D eigenvalue weighted by Crippen LogP contribution is -2.01. The largest absolute Gasteiger partial charge is 0.481 e. The Labute approximate surface area is 91.4 Å². The van der Waals surface area contributed by atoms with Gasteiger partial charge in [-0.15, -0.1) is 11.3 Å². The van der Waals surface area contributed by atoms with E-state index in [1.165, 1.54) is 17.5 Å². The molecule has 0 aliphatic carbocycles. The van der Waals surface area contributed by atoms with Crippen molar-refractivity contribution in [2.45, 2.75) is 6.42 Å². The Morgan fingerprint density at radius 1 is 1.60 bits per heavy atom. The maximum Gasteiger partial charge on any atom is 0.307 e. The molecule has 1 unspecified atom stereocenters. The third-order valence-corrected chi connectivity index (χ3v) is 3.63. The fourth-order valence-electron chi connectivity index (χ4n) is 1.41. The first-order valence-electron chi connectivity index (χ1n) is 4.00. The van der Waals surface area contributed by atoms with Crippen molar-refractivity contribution >= 4 is 38.8 Å². The monoisotopic (exact) mass is 245 g/mol. The molecule has 0 saturated heterocycles. The molecule has 0 aliphatic rings. The maximum absolute atomic E-state index is 10.9. The van der Waals surface area contributed by atoms with Crippen molar-refractivity contribution in [3.05, 3.63) is 23.2 Å². The zero-order valence-electron chi connectivity index (χ0n) is 7.41. The van der Waals surface area contributed by atoms with Crippen LogP contribution in [0.1, 0.15) is 5.56 Å². The predicted molar refractivity (Wildman–Crippen MR) is 57.3 cm³/mol. The zero-order chi connectivity index (χ0) is 11.0. The summed E-state index contributed by atoms with van der Waals surface area (Å²) >= 11 is -0.835. The first-order chi connectivity index (χ1) is 7.09. The number of aromatic nitrogens is 1. The van der Waals surface area contributed by atoms with Crippen LogP contribution >= 0.6 is 11.3 Å². The second-order valence-corrected chi connectivity index (χ2v) is 4.67. The fraction of sp³-hybridized carbons (Fsp3) is 0.125. The van der Waals surface area contributed by atoms with Crippen molar-refractivity contribution in [1.82, 2.24) is 3.97 Å². The number of fused-ring (bicyclic) bond motifs is 1. The number of rotatable bonds is 3. The molecule has 2 N–H and O–H groups in total. The minimum atomic E-state index is -2.14. The first-order valence-corrected chi connectivity index (χ1v) is 5.94. The van der Waals surface area contributed by atoms with E-state index in [1.54, 1.807) is 11.4 Å². The summed E-state index contributed by atoms with van der Waals surface area (Å²) < 4.78 is 21.1. The molecule has 80 valence electrons. The maximum atomic E-state index is 10.9. The fourth-order valence-corrected chi connectivity index (χ4v) is 3.00. The molecule has 0 bridgehead atoms. The standard InChI is InChI=1S/C8H7NO4S2/c10-7(11)3-5-4-9(15(12)13)8-6(5)1-2-14-8/h1-2,4H,3H2,(H,10,11)(H,12,13). The minimum Gasteiger partial charge on any atom is -0.481 e. The molecular formula is C8H7NO4S2. The van der Waals surface area contributed by atoms with Crippen molar-refractivity contribution in [2.24, 2.45) is 0 Å². The third kappa shape index (κ3) is 1.81. The summed E-state index contributed by atoms with van der Waals surface area (Å²) in [7, 11) is 0. The molecular weight excluding hydrogens is 238 g/mol. The Morgan fingerprint density at radius 2 is 2.33 bits per heavy atom. The van der Waals surface area contributed by atoms with Crippen LogP contribution in [0.4, 0.5) is 0 Å². The number of hydrogen-bond donors (Lipinski definition) is 2. The molecule has 15 heavy (non-hydrogen) atoms. The van der Waals surface area contributed by atoms with Gasteiger partial charge in [0, 0.05) is 11.6 Å². The molecule has 1 atom stereocenters. The van der Waals surface area contributed by atoms with E-state index in [4.69, 9.17) is 9.66 Å². The summed E-state index contributed by atoms with van der Waals surface area (Å²) in [6, 6.07) is 1.75. The highest BCUT2D eigenvalue weighted by atomic mass is 32.2. The van der Waals surface area contributed by atoms with Crippen LogP contribution in [-0.4, -0.2) is 23.8 Å². The quantitative estimate of drug-likeness (QED) is 0.799. The van der Waals surface area contributed by atoms with Gasteiger partial charge < -0.3 is 5.11 Å². The minimum absolute atomic E-state index is 0.141. The molecule has 0 radical (unpaired) electrons. The van der Waals surface area contributed by atoms with E-state index in [1.807, 2.05) is 0 Å². The molecule has 0 fully saturated rings. The second kappa shape index (κ2) is 3.76. The van der Waals surface area contributed by atoms with Crippen LogP contribution < -0.4 is 0 Å². The third-order valence-electron chi connectivity index (χ3n) is 1.97. The first kappa shape index (κ1) is 10.3. The smallest absolute Gasteiger partial charge is 0.307 e. The van der Waals surface area contributed by atoms with Crippen LogP contribution in [0.3, 0.4) is 0 Å². The number of aliphatic carboxylic acids is 1. The summed E-state index contributed by atoms with van der Waals surface area (Å²) in [6.07, 6.45) is 1.27. The average molecular weight is 245 g/mol. The summed E-state index contributed by atoms with van der Waals surface area (Å²) in [5, 5.41) is 11.2. The lowest BCUT2D eigenvalue weighted by Gasteiger charge is -1.93. The molecule has 2 heterocycles. The van der Waals surface area contributed by atoms with E-state index in [2.05, 4.69) is 0 Å². The number of carboxylic acids is 1. The summed E-state index contributed by atoms with van der Waals surface area (Å²) in [5.41, 5.74) is 0.557. The summed E-state index contributed by atoms with van der Waals surface area (Å²) in [4.78, 5) is 11.2. The van der Waals surface area contributed by atoms with E-state index in [-0.39, 0.29) is 6.42 Å². The van der Waals surface area contributed by atoms with E-state index in [0.717, 1.165) is 9.36 Å². The van der Waals surface area contributed by atoms with E-state index < -0.39 is 17.2 Å². The lowest BCUT2D eigenvalue weighted by atomic mass is 10.2. The molecule has 0 spiro atoms. The molecule has 5 nitrogen and oxygen atoms in total. The average Bonchev–Trinajstić information content (AvgIpc) is 2.66. The Kier molecular flexibility index (Phi) is 2.59. The molecule has 2 aromatic heterocycles. The van der Waals surface area contributed by atoms with Gasteiger partial charge in [0.05, 0.1) is 6.42 Å². The van der Waals surface area contributed by atoms with Crippen molar-refractivity contribution in [1.29, 1.82) is 0 Å². The van der Waals surface area contributed by atoms with Crippen molar-refractivity contribution in [3.63, 3.8) is 0 Å². The van der Waals surface area contributed by atoms with Gasteiger partial charge >= 0.3 is 5.97 Å². The second-order valence-electron chi connectivity index (χ2n) is 2.92. The van der Waals surface area contributed by atoms with Gasteiger partial charge in [-0.3, -0.25) is 9.35 Å². The molecule has 0 amide bonds. The number of thiophene rings is 1. The highest BCUT2D eigenvalue weighted by Gasteiger charge is 2.14. The zero-order valence-corrected chi connectivity index (χ0v) is 9.05. The summed E-state index contributed by atoms with van der Waals surface area (Å²) in [6.45, 7) is 0. The van der Waals surface area contributed by atoms with E-state index >= 15 is 0 Å². The molecule has 0 aliphatic heterocycles. The summed E-state index contributed by atoms with van der Waals surface area (Å²) in [5.74, 6) is -0.955. The van der Waals surface area contributed by atoms with E-state index in [9.17, 15) is 9.00 Å². The van der Waals surface area contributed by atoms with Crippen LogP contribution in [0, 0.1) is 0 Å². The van der Waals surface area contributed by atoms with Gasteiger partial charge in [0.1, 0.15) is 4.83 Å². The molecule has 0 aromatic carbocycles. The normalized spacial score (nSPS) is 13.1. The van der Waals surface area contributed by atoms with Crippen LogP contribution in [0.15, 0.2) is 17.6 Å². The molecule has 2 aromatic rings. The Hall–Kier alpha value is -1.18.